The summed E-state index contributed by atoms with van der Waals surface area (Å²) in [4.78, 5) is 23.0. The van der Waals surface area contributed by atoms with Crippen molar-refractivity contribution in [2.24, 2.45) is 11.8 Å². The van der Waals surface area contributed by atoms with E-state index in [9.17, 15) is 9.59 Å². The SMILES string of the molecule is O=C(O)C1CCCC1C(=O)NC1CC=CCC1. The van der Waals surface area contributed by atoms with E-state index in [1.165, 1.54) is 0 Å². The Morgan fingerprint density at radius 2 is 1.88 bits per heavy atom. The van der Waals surface area contributed by atoms with Crippen LogP contribution in [0.3, 0.4) is 0 Å². The Hall–Kier alpha value is -1.32. The average Bonchev–Trinajstić information content (AvgIpc) is 2.79. The van der Waals surface area contributed by atoms with Gasteiger partial charge in [-0.05, 0) is 32.1 Å². The molecule has 1 fully saturated rings. The van der Waals surface area contributed by atoms with E-state index in [2.05, 4.69) is 17.5 Å². The molecule has 3 atom stereocenters. The van der Waals surface area contributed by atoms with Crippen LogP contribution in [-0.4, -0.2) is 23.0 Å². The Morgan fingerprint density at radius 3 is 2.53 bits per heavy atom. The third kappa shape index (κ3) is 2.87. The van der Waals surface area contributed by atoms with Crippen molar-refractivity contribution in [1.82, 2.24) is 5.32 Å². The first-order valence-electron chi connectivity index (χ1n) is 6.36. The van der Waals surface area contributed by atoms with Crippen molar-refractivity contribution < 1.29 is 14.7 Å². The van der Waals surface area contributed by atoms with Gasteiger partial charge in [-0.15, -0.1) is 0 Å². The fourth-order valence-electron chi connectivity index (χ4n) is 2.80. The minimum atomic E-state index is -0.828. The molecular formula is C13H19NO3. The molecule has 4 nitrogen and oxygen atoms in total. The summed E-state index contributed by atoms with van der Waals surface area (Å²) in [5, 5.41) is 12.0. The highest BCUT2D eigenvalue weighted by molar-refractivity contribution is 5.85. The van der Waals surface area contributed by atoms with Gasteiger partial charge in [0.1, 0.15) is 0 Å². The Bertz CT molecular complexity index is 338. The van der Waals surface area contributed by atoms with Crippen LogP contribution in [0.2, 0.25) is 0 Å². The number of aliphatic carboxylic acids is 1. The van der Waals surface area contributed by atoms with Gasteiger partial charge in [0.2, 0.25) is 5.91 Å². The average molecular weight is 237 g/mol. The molecule has 0 aromatic rings. The zero-order valence-electron chi connectivity index (χ0n) is 9.89. The van der Waals surface area contributed by atoms with Crippen LogP contribution >= 0.6 is 0 Å². The molecule has 4 heteroatoms. The molecule has 0 aliphatic heterocycles. The number of carbonyl (C=O) groups is 2. The molecule has 1 amide bonds. The second-order valence-corrected chi connectivity index (χ2v) is 4.97. The number of carbonyl (C=O) groups excluding carboxylic acids is 1. The zero-order chi connectivity index (χ0) is 12.3. The van der Waals surface area contributed by atoms with Crippen molar-refractivity contribution in [2.45, 2.75) is 44.6 Å². The molecule has 3 unspecified atom stereocenters. The summed E-state index contributed by atoms with van der Waals surface area (Å²) >= 11 is 0. The monoisotopic (exact) mass is 237 g/mol. The van der Waals surface area contributed by atoms with Crippen LogP contribution in [-0.2, 0) is 9.59 Å². The molecule has 0 aromatic carbocycles. The maximum absolute atomic E-state index is 12.0. The van der Waals surface area contributed by atoms with Gasteiger partial charge in [-0.3, -0.25) is 9.59 Å². The molecule has 0 spiro atoms. The number of hydrogen-bond donors (Lipinski definition) is 2. The normalized spacial score (nSPS) is 32.4. The van der Waals surface area contributed by atoms with Gasteiger partial charge in [-0.1, -0.05) is 18.6 Å². The number of carboxylic acid groups (broad SMARTS) is 1. The van der Waals surface area contributed by atoms with Crippen LogP contribution in [0.4, 0.5) is 0 Å². The molecule has 2 rings (SSSR count). The highest BCUT2D eigenvalue weighted by atomic mass is 16.4. The fourth-order valence-corrected chi connectivity index (χ4v) is 2.80. The molecule has 0 radical (unpaired) electrons. The van der Waals surface area contributed by atoms with Crippen LogP contribution in [0, 0.1) is 11.8 Å². The first-order valence-corrected chi connectivity index (χ1v) is 6.36. The summed E-state index contributed by atoms with van der Waals surface area (Å²) in [6.45, 7) is 0. The summed E-state index contributed by atoms with van der Waals surface area (Å²) in [5.41, 5.74) is 0. The van der Waals surface area contributed by atoms with Gasteiger partial charge in [0.25, 0.3) is 0 Å². The van der Waals surface area contributed by atoms with Crippen LogP contribution in [0.1, 0.15) is 38.5 Å². The van der Waals surface area contributed by atoms with E-state index in [-0.39, 0.29) is 17.9 Å². The van der Waals surface area contributed by atoms with Gasteiger partial charge in [-0.2, -0.15) is 0 Å². The van der Waals surface area contributed by atoms with E-state index in [1.54, 1.807) is 0 Å². The summed E-state index contributed by atoms with van der Waals surface area (Å²) in [6, 6.07) is 0.197. The molecule has 0 bridgehead atoms. The van der Waals surface area contributed by atoms with E-state index >= 15 is 0 Å². The lowest BCUT2D eigenvalue weighted by molar-refractivity contribution is -0.146. The minimum absolute atomic E-state index is 0.0600. The van der Waals surface area contributed by atoms with Crippen LogP contribution in [0.5, 0.6) is 0 Å². The van der Waals surface area contributed by atoms with Crippen molar-refractivity contribution in [3.8, 4) is 0 Å². The molecule has 17 heavy (non-hydrogen) atoms. The van der Waals surface area contributed by atoms with Gasteiger partial charge >= 0.3 is 5.97 Å². The van der Waals surface area contributed by atoms with E-state index in [0.717, 1.165) is 25.7 Å². The first-order chi connectivity index (χ1) is 8.18. The lowest BCUT2D eigenvalue weighted by Gasteiger charge is -2.23. The largest absolute Gasteiger partial charge is 0.481 e. The molecule has 0 heterocycles. The van der Waals surface area contributed by atoms with Crippen molar-refractivity contribution in [1.29, 1.82) is 0 Å². The standard InChI is InChI=1S/C13H19NO3/c15-12(14-9-5-2-1-3-6-9)10-7-4-8-11(10)13(16)17/h1-2,9-11H,3-8H2,(H,14,15)(H,16,17). The smallest absolute Gasteiger partial charge is 0.307 e. The third-order valence-electron chi connectivity index (χ3n) is 3.79. The highest BCUT2D eigenvalue weighted by Crippen LogP contribution is 2.32. The molecule has 94 valence electrons. The Balaban J connectivity index is 1.90. The molecule has 1 saturated carbocycles. The Morgan fingerprint density at radius 1 is 1.12 bits per heavy atom. The lowest BCUT2D eigenvalue weighted by atomic mass is 9.94. The predicted molar refractivity (Wildman–Crippen MR) is 63.4 cm³/mol. The second-order valence-electron chi connectivity index (χ2n) is 4.97. The van der Waals surface area contributed by atoms with E-state index in [0.29, 0.717) is 12.8 Å². The van der Waals surface area contributed by atoms with Crippen molar-refractivity contribution in [3.05, 3.63) is 12.2 Å². The topological polar surface area (TPSA) is 66.4 Å². The summed E-state index contributed by atoms with van der Waals surface area (Å²) < 4.78 is 0. The molecule has 0 aromatic heterocycles. The van der Waals surface area contributed by atoms with Gasteiger partial charge in [0.05, 0.1) is 11.8 Å². The van der Waals surface area contributed by atoms with Crippen molar-refractivity contribution in [3.63, 3.8) is 0 Å². The maximum Gasteiger partial charge on any atom is 0.307 e. The summed E-state index contributed by atoms with van der Waals surface area (Å²) in [6.07, 6.45) is 9.24. The fraction of sp³-hybridized carbons (Fsp3) is 0.692. The number of nitrogens with one attached hydrogen (secondary N) is 1. The van der Waals surface area contributed by atoms with E-state index in [1.807, 2.05) is 0 Å². The number of allylic oxidation sites excluding steroid dienone is 1. The Labute approximate surface area is 101 Å². The number of hydrogen-bond acceptors (Lipinski definition) is 2. The number of rotatable bonds is 3. The van der Waals surface area contributed by atoms with Crippen LogP contribution in [0.15, 0.2) is 12.2 Å². The predicted octanol–water partition coefficient (Wildman–Crippen LogP) is 1.71. The quantitative estimate of drug-likeness (QED) is 0.734. The molecule has 2 aliphatic rings. The first kappa shape index (κ1) is 12.1. The van der Waals surface area contributed by atoms with Gasteiger partial charge in [0, 0.05) is 6.04 Å². The molecular weight excluding hydrogens is 218 g/mol. The summed E-state index contributed by atoms with van der Waals surface area (Å²) in [7, 11) is 0. The lowest BCUT2D eigenvalue weighted by Crippen LogP contribution is -2.41. The van der Waals surface area contributed by atoms with Gasteiger partial charge in [0.15, 0.2) is 0 Å². The highest BCUT2D eigenvalue weighted by Gasteiger charge is 2.38. The maximum atomic E-state index is 12.0. The molecule has 2 N–H and O–H groups in total. The second kappa shape index (κ2) is 5.34. The minimum Gasteiger partial charge on any atom is -0.481 e. The summed E-state index contributed by atoms with van der Waals surface area (Å²) in [5.74, 6) is -1.69. The van der Waals surface area contributed by atoms with E-state index < -0.39 is 11.9 Å². The third-order valence-corrected chi connectivity index (χ3v) is 3.79. The van der Waals surface area contributed by atoms with Gasteiger partial charge in [-0.25, -0.2) is 0 Å². The number of carboxylic acids is 1. The van der Waals surface area contributed by atoms with Gasteiger partial charge < -0.3 is 10.4 Å². The molecule has 0 saturated heterocycles. The van der Waals surface area contributed by atoms with Crippen LogP contribution in [0.25, 0.3) is 0 Å². The van der Waals surface area contributed by atoms with Crippen molar-refractivity contribution in [2.75, 3.05) is 0 Å². The zero-order valence-corrected chi connectivity index (χ0v) is 9.89. The van der Waals surface area contributed by atoms with Crippen molar-refractivity contribution >= 4 is 11.9 Å². The number of amides is 1. The van der Waals surface area contributed by atoms with Crippen LogP contribution < -0.4 is 5.32 Å². The molecule has 2 aliphatic carbocycles. The Kier molecular flexibility index (Phi) is 3.82. The van der Waals surface area contributed by atoms with E-state index in [4.69, 9.17) is 5.11 Å².